The third-order valence-electron chi connectivity index (χ3n) is 9.33. The van der Waals surface area contributed by atoms with Crippen molar-refractivity contribution in [3.05, 3.63) is 110 Å². The van der Waals surface area contributed by atoms with Crippen LogP contribution < -0.4 is 4.90 Å². The van der Waals surface area contributed by atoms with E-state index in [1.165, 1.54) is 72.4 Å². The number of aromatic nitrogens is 3. The second-order valence-electron chi connectivity index (χ2n) is 11.9. The predicted molar refractivity (Wildman–Crippen MR) is 178 cm³/mol. The van der Waals surface area contributed by atoms with Crippen LogP contribution in [-0.2, 0) is 0 Å². The van der Waals surface area contributed by atoms with Gasteiger partial charge in [0, 0.05) is 29.5 Å². The molecule has 4 aromatic carbocycles. The van der Waals surface area contributed by atoms with Gasteiger partial charge < -0.3 is 4.90 Å². The Hall–Kier alpha value is -4.31. The number of nitrogens with zero attached hydrogens (tertiary/aromatic N) is 4. The Morgan fingerprint density at radius 1 is 0.500 bits per heavy atom. The van der Waals surface area contributed by atoms with E-state index in [0.717, 1.165) is 28.5 Å². The molecule has 0 aliphatic rings. The van der Waals surface area contributed by atoms with E-state index in [0.29, 0.717) is 0 Å². The summed E-state index contributed by atoms with van der Waals surface area (Å²) in [7, 11) is 2.16. The van der Waals surface area contributed by atoms with Gasteiger partial charge in [0.25, 0.3) is 0 Å². The Kier molecular flexibility index (Phi) is 7.76. The van der Waals surface area contributed by atoms with Crippen molar-refractivity contribution >= 4 is 11.4 Å². The molecule has 5 rings (SSSR count). The van der Waals surface area contributed by atoms with Gasteiger partial charge >= 0.3 is 0 Å². The lowest BCUT2D eigenvalue weighted by atomic mass is 9.89. The largest absolute Gasteiger partial charge is 0.344 e. The fraction of sp³-hybridized carbons (Fsp3) is 0.289. The van der Waals surface area contributed by atoms with Crippen molar-refractivity contribution in [3.8, 4) is 33.9 Å². The van der Waals surface area contributed by atoms with Crippen molar-refractivity contribution < 1.29 is 0 Å². The minimum atomic E-state index is 0.722. The molecule has 0 aliphatic carbocycles. The van der Waals surface area contributed by atoms with Crippen LogP contribution >= 0.6 is 0 Å². The average molecular weight is 555 g/mol. The highest BCUT2D eigenvalue weighted by atomic mass is 15.1. The summed E-state index contributed by atoms with van der Waals surface area (Å²) >= 11 is 0. The van der Waals surface area contributed by atoms with Gasteiger partial charge in [0.2, 0.25) is 0 Å². The monoisotopic (exact) mass is 554 g/mol. The van der Waals surface area contributed by atoms with Crippen LogP contribution in [0.5, 0.6) is 0 Å². The maximum absolute atomic E-state index is 5.00. The average Bonchev–Trinajstić information content (AvgIpc) is 2.96. The zero-order chi connectivity index (χ0) is 30.5. The van der Waals surface area contributed by atoms with Crippen molar-refractivity contribution in [2.24, 2.45) is 0 Å². The van der Waals surface area contributed by atoms with Gasteiger partial charge in [0.05, 0.1) is 0 Å². The molecule has 0 radical (unpaired) electrons. The lowest BCUT2D eigenvalue weighted by Crippen LogP contribution is -2.15. The highest BCUT2D eigenvalue weighted by Crippen LogP contribution is 2.41. The number of aryl methyl sites for hydroxylation is 4. The number of rotatable bonds is 5. The second kappa shape index (κ2) is 11.2. The van der Waals surface area contributed by atoms with E-state index < -0.39 is 0 Å². The molecule has 42 heavy (non-hydrogen) atoms. The van der Waals surface area contributed by atoms with Gasteiger partial charge in [-0.2, -0.15) is 0 Å². The van der Waals surface area contributed by atoms with Crippen LogP contribution in [0.1, 0.15) is 55.6 Å². The minimum Gasteiger partial charge on any atom is -0.344 e. The third-order valence-corrected chi connectivity index (χ3v) is 9.33. The van der Waals surface area contributed by atoms with Crippen LogP contribution in [0, 0.1) is 69.2 Å². The van der Waals surface area contributed by atoms with Crippen LogP contribution in [0.2, 0.25) is 0 Å². The lowest BCUT2D eigenvalue weighted by Gasteiger charge is -2.28. The molecule has 0 spiro atoms. The highest BCUT2D eigenvalue weighted by molar-refractivity contribution is 5.81. The zero-order valence-electron chi connectivity index (χ0n) is 27.0. The van der Waals surface area contributed by atoms with Crippen molar-refractivity contribution in [2.75, 3.05) is 11.9 Å². The Morgan fingerprint density at radius 3 is 1.52 bits per heavy atom. The lowest BCUT2D eigenvalue weighted by molar-refractivity contribution is 1.04. The summed E-state index contributed by atoms with van der Waals surface area (Å²) in [5.41, 5.74) is 19.7. The fourth-order valence-electron chi connectivity index (χ4n) is 6.47. The summed E-state index contributed by atoms with van der Waals surface area (Å²) in [4.78, 5) is 16.5. The first-order valence-corrected chi connectivity index (χ1v) is 14.7. The zero-order valence-corrected chi connectivity index (χ0v) is 27.0. The van der Waals surface area contributed by atoms with Crippen LogP contribution in [-0.4, -0.2) is 22.0 Å². The summed E-state index contributed by atoms with van der Waals surface area (Å²) in [6.45, 7) is 21.9. The number of hydrogen-bond acceptors (Lipinski definition) is 4. The number of anilines is 2. The SMILES string of the molecule is Cc1cc(C)c(C)c(-c2ccc(N(C)c3c(C)c(C)c(-c4ncnc(-c5c(C)cccc5C)n4)c(C)c3C)cc2)c1C. The Labute approximate surface area is 251 Å². The van der Waals surface area contributed by atoms with Crippen molar-refractivity contribution in [2.45, 2.75) is 69.2 Å². The molecule has 4 heteroatoms. The topological polar surface area (TPSA) is 41.9 Å². The summed E-state index contributed by atoms with van der Waals surface area (Å²) in [5, 5.41) is 0. The molecule has 0 bridgehead atoms. The van der Waals surface area contributed by atoms with Crippen molar-refractivity contribution in [3.63, 3.8) is 0 Å². The molecule has 5 aromatic rings. The molecule has 1 aromatic heterocycles. The molecule has 0 atom stereocenters. The Bertz CT molecular complexity index is 1750. The molecular formula is C38H42N4. The van der Waals surface area contributed by atoms with E-state index >= 15 is 0 Å². The van der Waals surface area contributed by atoms with E-state index in [4.69, 9.17) is 4.98 Å². The molecule has 0 saturated heterocycles. The molecule has 0 fully saturated rings. The summed E-state index contributed by atoms with van der Waals surface area (Å²) in [6, 6.07) is 17.6. The molecule has 0 N–H and O–H groups in total. The van der Waals surface area contributed by atoms with Gasteiger partial charge in [-0.3, -0.25) is 0 Å². The summed E-state index contributed by atoms with van der Waals surface area (Å²) in [5.74, 6) is 1.45. The first-order valence-electron chi connectivity index (χ1n) is 14.7. The van der Waals surface area contributed by atoms with Gasteiger partial charge in [0.15, 0.2) is 11.6 Å². The van der Waals surface area contributed by atoms with Crippen LogP contribution in [0.25, 0.3) is 33.9 Å². The van der Waals surface area contributed by atoms with E-state index in [9.17, 15) is 0 Å². The minimum absolute atomic E-state index is 0.722. The predicted octanol–water partition coefficient (Wildman–Crippen LogP) is 9.72. The molecule has 4 nitrogen and oxygen atoms in total. The van der Waals surface area contributed by atoms with Gasteiger partial charge in [-0.25, -0.2) is 15.0 Å². The smallest absolute Gasteiger partial charge is 0.163 e. The van der Waals surface area contributed by atoms with E-state index in [-0.39, 0.29) is 0 Å². The Balaban J connectivity index is 1.56. The molecule has 0 aliphatic heterocycles. The first-order chi connectivity index (χ1) is 19.9. The first kappa shape index (κ1) is 29.2. The van der Waals surface area contributed by atoms with Gasteiger partial charge in [0.1, 0.15) is 6.33 Å². The molecule has 214 valence electrons. The molecule has 0 saturated carbocycles. The molecule has 1 heterocycles. The third kappa shape index (κ3) is 4.89. The second-order valence-corrected chi connectivity index (χ2v) is 11.9. The van der Waals surface area contributed by atoms with Crippen LogP contribution in [0.3, 0.4) is 0 Å². The highest BCUT2D eigenvalue weighted by Gasteiger charge is 2.22. The van der Waals surface area contributed by atoms with Gasteiger partial charge in [-0.1, -0.05) is 36.4 Å². The van der Waals surface area contributed by atoms with Crippen molar-refractivity contribution in [1.82, 2.24) is 15.0 Å². The van der Waals surface area contributed by atoms with Gasteiger partial charge in [-0.05, 0) is 148 Å². The maximum Gasteiger partial charge on any atom is 0.163 e. The number of hydrogen-bond donors (Lipinski definition) is 0. The number of benzene rings is 4. The molecular weight excluding hydrogens is 512 g/mol. The van der Waals surface area contributed by atoms with E-state index in [1.807, 2.05) is 0 Å². The van der Waals surface area contributed by atoms with Crippen LogP contribution in [0.15, 0.2) is 54.9 Å². The quantitative estimate of drug-likeness (QED) is 0.217. The van der Waals surface area contributed by atoms with Gasteiger partial charge in [-0.15, -0.1) is 0 Å². The maximum atomic E-state index is 5.00. The molecule has 0 amide bonds. The standard InChI is InChI=1S/C38H42N4/c1-21-13-12-14-22(2)33(21)37-39-20-40-38(41-37)35-27(7)29(9)36(30(10)28(35)8)42(11)32-17-15-31(16-18-32)34-25(5)23(3)19-24(4)26(34)6/h12-20H,1-11H3. The van der Waals surface area contributed by atoms with Crippen molar-refractivity contribution in [1.29, 1.82) is 0 Å². The summed E-state index contributed by atoms with van der Waals surface area (Å²) < 4.78 is 0. The normalized spacial score (nSPS) is 11.2. The fourth-order valence-corrected chi connectivity index (χ4v) is 6.47. The Morgan fingerprint density at radius 2 is 1.00 bits per heavy atom. The molecule has 0 unspecified atom stereocenters. The van der Waals surface area contributed by atoms with E-state index in [2.05, 4.69) is 140 Å². The van der Waals surface area contributed by atoms with Crippen LogP contribution in [0.4, 0.5) is 11.4 Å². The van der Waals surface area contributed by atoms with E-state index in [1.54, 1.807) is 6.33 Å². The summed E-state index contributed by atoms with van der Waals surface area (Å²) in [6.07, 6.45) is 1.65.